The quantitative estimate of drug-likeness (QED) is 0.707. The van der Waals surface area contributed by atoms with Crippen molar-refractivity contribution in [2.24, 2.45) is 0 Å². The molecule has 6 nitrogen and oxygen atoms in total. The highest BCUT2D eigenvalue weighted by Crippen LogP contribution is 2.27. The van der Waals surface area contributed by atoms with Crippen molar-refractivity contribution in [3.63, 3.8) is 0 Å². The fourth-order valence-corrected chi connectivity index (χ4v) is 2.90. The predicted molar refractivity (Wildman–Crippen MR) is 101 cm³/mol. The molecule has 0 atom stereocenters. The second-order valence-electron chi connectivity index (χ2n) is 6.01. The highest BCUT2D eigenvalue weighted by Gasteiger charge is 2.11. The zero-order chi connectivity index (χ0) is 18.5. The van der Waals surface area contributed by atoms with E-state index in [0.29, 0.717) is 23.6 Å². The molecule has 0 saturated heterocycles. The van der Waals surface area contributed by atoms with Crippen molar-refractivity contribution in [3.8, 4) is 11.5 Å². The lowest BCUT2D eigenvalue weighted by molar-refractivity contribution is 0.0950. The van der Waals surface area contributed by atoms with E-state index < -0.39 is 0 Å². The Morgan fingerprint density at radius 1 is 1.12 bits per heavy atom. The third-order valence-electron chi connectivity index (χ3n) is 4.25. The molecule has 0 fully saturated rings. The second-order valence-corrected chi connectivity index (χ2v) is 6.01. The normalized spacial score (nSPS) is 10.7. The maximum atomic E-state index is 12.4. The number of rotatable bonds is 7. The topological polar surface area (TPSA) is 65.4 Å². The summed E-state index contributed by atoms with van der Waals surface area (Å²) in [6.07, 6.45) is 2.93. The number of hydrogen-bond acceptors (Lipinski definition) is 4. The number of carbonyl (C=O) groups excluding carboxylic acids is 1. The first-order chi connectivity index (χ1) is 12.7. The number of ether oxygens (including phenoxy) is 2. The van der Waals surface area contributed by atoms with Crippen LogP contribution in [0.3, 0.4) is 0 Å². The van der Waals surface area contributed by atoms with Gasteiger partial charge in [0.2, 0.25) is 0 Å². The van der Waals surface area contributed by atoms with E-state index in [1.54, 1.807) is 32.4 Å². The summed E-state index contributed by atoms with van der Waals surface area (Å²) in [5, 5.41) is 2.93. The maximum absolute atomic E-state index is 12.4. The van der Waals surface area contributed by atoms with Crippen LogP contribution in [0.15, 0.2) is 42.7 Å². The van der Waals surface area contributed by atoms with Crippen molar-refractivity contribution in [2.75, 3.05) is 14.2 Å². The van der Waals surface area contributed by atoms with Crippen LogP contribution in [-0.4, -0.2) is 29.7 Å². The molecule has 1 N–H and O–H groups in total. The Balaban J connectivity index is 1.70. The molecule has 0 spiro atoms. The first-order valence-electron chi connectivity index (χ1n) is 8.60. The highest BCUT2D eigenvalue weighted by molar-refractivity contribution is 5.94. The smallest absolute Gasteiger partial charge is 0.251 e. The molecule has 0 radical (unpaired) electrons. The molecule has 0 aliphatic carbocycles. The number of aryl methyl sites for hydroxylation is 1. The van der Waals surface area contributed by atoms with Gasteiger partial charge in [-0.1, -0.05) is 13.0 Å². The molecule has 0 bridgehead atoms. The molecular weight excluding hydrogens is 330 g/mol. The summed E-state index contributed by atoms with van der Waals surface area (Å²) in [6.45, 7) is 3.53. The molecule has 1 heterocycles. The van der Waals surface area contributed by atoms with Gasteiger partial charge in [-0.25, -0.2) is 4.98 Å². The predicted octanol–water partition coefficient (Wildman–Crippen LogP) is 3.39. The first-order valence-corrected chi connectivity index (χ1v) is 8.60. The van der Waals surface area contributed by atoms with Crippen LogP contribution in [0.25, 0.3) is 11.0 Å². The van der Waals surface area contributed by atoms with Gasteiger partial charge < -0.3 is 19.4 Å². The van der Waals surface area contributed by atoms with Crippen molar-refractivity contribution in [3.05, 3.63) is 53.9 Å². The number of carbonyl (C=O) groups is 1. The molecule has 136 valence electrons. The summed E-state index contributed by atoms with van der Waals surface area (Å²) < 4.78 is 12.6. The fraction of sp³-hybridized carbons (Fsp3) is 0.300. The Labute approximate surface area is 152 Å². The first kappa shape index (κ1) is 17.8. The van der Waals surface area contributed by atoms with E-state index in [-0.39, 0.29) is 5.91 Å². The van der Waals surface area contributed by atoms with E-state index in [1.165, 1.54) is 0 Å². The zero-order valence-corrected chi connectivity index (χ0v) is 15.3. The zero-order valence-electron chi connectivity index (χ0n) is 15.3. The SMILES string of the molecule is CCCn1cnc2cc(CNC(=O)c3ccc(OC)c(OC)c3)ccc21. The number of benzene rings is 2. The van der Waals surface area contributed by atoms with Crippen LogP contribution < -0.4 is 14.8 Å². The number of imidazole rings is 1. The number of methoxy groups -OCH3 is 2. The number of nitrogens with zero attached hydrogens (tertiary/aromatic N) is 2. The van der Waals surface area contributed by atoms with Crippen molar-refractivity contribution in [1.82, 2.24) is 14.9 Å². The van der Waals surface area contributed by atoms with Crippen LogP contribution in [0.2, 0.25) is 0 Å². The summed E-state index contributed by atoms with van der Waals surface area (Å²) in [5.41, 5.74) is 3.59. The molecule has 2 aromatic carbocycles. The van der Waals surface area contributed by atoms with Gasteiger partial charge in [0.05, 0.1) is 31.6 Å². The Kier molecular flexibility index (Phi) is 5.41. The summed E-state index contributed by atoms with van der Waals surface area (Å²) >= 11 is 0. The van der Waals surface area contributed by atoms with Crippen molar-refractivity contribution < 1.29 is 14.3 Å². The Hall–Kier alpha value is -3.02. The van der Waals surface area contributed by atoms with Crippen LogP contribution in [0.1, 0.15) is 29.3 Å². The highest BCUT2D eigenvalue weighted by atomic mass is 16.5. The van der Waals surface area contributed by atoms with Crippen LogP contribution in [0, 0.1) is 0 Å². The Morgan fingerprint density at radius 3 is 2.65 bits per heavy atom. The number of aromatic nitrogens is 2. The molecule has 3 aromatic rings. The van der Waals surface area contributed by atoms with Crippen LogP contribution in [0.4, 0.5) is 0 Å². The van der Waals surface area contributed by atoms with Gasteiger partial charge in [-0.05, 0) is 42.3 Å². The Morgan fingerprint density at radius 2 is 1.92 bits per heavy atom. The van der Waals surface area contributed by atoms with Gasteiger partial charge in [0.25, 0.3) is 5.91 Å². The number of fused-ring (bicyclic) bond motifs is 1. The lowest BCUT2D eigenvalue weighted by Crippen LogP contribution is -2.22. The van der Waals surface area contributed by atoms with Gasteiger partial charge in [-0.15, -0.1) is 0 Å². The minimum atomic E-state index is -0.164. The van der Waals surface area contributed by atoms with E-state index in [9.17, 15) is 4.79 Å². The molecule has 0 unspecified atom stereocenters. The summed E-state index contributed by atoms with van der Waals surface area (Å²) in [6, 6.07) is 11.2. The minimum absolute atomic E-state index is 0.164. The van der Waals surface area contributed by atoms with Crippen molar-refractivity contribution >= 4 is 16.9 Å². The molecule has 1 aromatic heterocycles. The van der Waals surface area contributed by atoms with Gasteiger partial charge >= 0.3 is 0 Å². The number of hydrogen-bond donors (Lipinski definition) is 1. The molecule has 0 aliphatic heterocycles. The van der Waals surface area contributed by atoms with Gasteiger partial charge in [-0.2, -0.15) is 0 Å². The molecule has 0 aliphatic rings. The minimum Gasteiger partial charge on any atom is -0.493 e. The number of amides is 1. The van der Waals surface area contributed by atoms with E-state index >= 15 is 0 Å². The lowest BCUT2D eigenvalue weighted by Gasteiger charge is -2.10. The van der Waals surface area contributed by atoms with Gasteiger partial charge in [0, 0.05) is 18.7 Å². The van der Waals surface area contributed by atoms with Crippen LogP contribution in [-0.2, 0) is 13.1 Å². The maximum Gasteiger partial charge on any atom is 0.251 e. The van der Waals surface area contributed by atoms with Gasteiger partial charge in [-0.3, -0.25) is 4.79 Å². The average Bonchev–Trinajstić information content (AvgIpc) is 3.08. The third-order valence-corrected chi connectivity index (χ3v) is 4.25. The van der Waals surface area contributed by atoms with Crippen LogP contribution in [0.5, 0.6) is 11.5 Å². The summed E-state index contributed by atoms with van der Waals surface area (Å²) in [7, 11) is 3.11. The summed E-state index contributed by atoms with van der Waals surface area (Å²) in [5.74, 6) is 0.961. The van der Waals surface area contributed by atoms with Gasteiger partial charge in [0.15, 0.2) is 11.5 Å². The third kappa shape index (κ3) is 3.64. The standard InChI is InChI=1S/C20H23N3O3/c1-4-9-23-13-22-16-10-14(5-7-17(16)23)12-21-20(24)15-6-8-18(25-2)19(11-15)26-3/h5-8,10-11,13H,4,9,12H2,1-3H3,(H,21,24). The molecule has 3 rings (SSSR count). The largest absolute Gasteiger partial charge is 0.493 e. The average molecular weight is 353 g/mol. The molecule has 26 heavy (non-hydrogen) atoms. The Bertz CT molecular complexity index is 918. The molecule has 6 heteroatoms. The fourth-order valence-electron chi connectivity index (χ4n) is 2.90. The molecule has 1 amide bonds. The molecule has 0 saturated carbocycles. The van der Waals surface area contributed by atoms with E-state index in [2.05, 4.69) is 27.9 Å². The monoisotopic (exact) mass is 353 g/mol. The van der Waals surface area contributed by atoms with Crippen molar-refractivity contribution in [1.29, 1.82) is 0 Å². The summed E-state index contributed by atoms with van der Waals surface area (Å²) in [4.78, 5) is 16.9. The van der Waals surface area contributed by atoms with E-state index in [1.807, 2.05) is 18.5 Å². The second kappa shape index (κ2) is 7.91. The van der Waals surface area contributed by atoms with E-state index in [4.69, 9.17) is 9.47 Å². The molecular formula is C20H23N3O3. The number of nitrogens with one attached hydrogen (secondary N) is 1. The van der Waals surface area contributed by atoms with E-state index in [0.717, 1.165) is 29.6 Å². The van der Waals surface area contributed by atoms with Crippen molar-refractivity contribution in [2.45, 2.75) is 26.4 Å². The lowest BCUT2D eigenvalue weighted by atomic mass is 10.1. The van der Waals surface area contributed by atoms with Gasteiger partial charge in [0.1, 0.15) is 0 Å². The van der Waals surface area contributed by atoms with Crippen LogP contribution >= 0.6 is 0 Å².